The monoisotopic (exact) mass is 234 g/mol. The Balaban J connectivity index is 1.92. The number of nitrogens with one attached hydrogen (secondary N) is 1. The molecular weight excluding hydrogens is 208 g/mol. The fourth-order valence-electron chi connectivity index (χ4n) is 3.28. The van der Waals surface area contributed by atoms with Gasteiger partial charge in [0, 0.05) is 37.6 Å². The third-order valence-electron chi connectivity index (χ3n) is 4.41. The van der Waals surface area contributed by atoms with E-state index in [1.54, 1.807) is 0 Å². The molecule has 2 fully saturated rings. The summed E-state index contributed by atoms with van der Waals surface area (Å²) in [5.74, 6) is 6.20. The molecule has 2 heteroatoms. The number of piperazine rings is 1. The molecule has 1 heterocycles. The summed E-state index contributed by atoms with van der Waals surface area (Å²) < 4.78 is 0. The van der Waals surface area contributed by atoms with Crippen LogP contribution in [0.2, 0.25) is 0 Å². The Morgan fingerprint density at radius 1 is 1.29 bits per heavy atom. The van der Waals surface area contributed by atoms with E-state index in [9.17, 15) is 0 Å². The van der Waals surface area contributed by atoms with Crippen molar-refractivity contribution in [2.24, 2.45) is 0 Å². The van der Waals surface area contributed by atoms with E-state index in [2.05, 4.69) is 29.0 Å². The minimum atomic E-state index is 0.435. The van der Waals surface area contributed by atoms with Crippen molar-refractivity contribution >= 4 is 0 Å². The molecule has 1 saturated heterocycles. The molecule has 1 aliphatic heterocycles. The van der Waals surface area contributed by atoms with E-state index in [1.807, 2.05) is 6.92 Å². The van der Waals surface area contributed by atoms with Crippen molar-refractivity contribution in [1.82, 2.24) is 10.2 Å². The van der Waals surface area contributed by atoms with Gasteiger partial charge in [-0.15, -0.1) is 11.8 Å². The van der Waals surface area contributed by atoms with Crippen LogP contribution in [0.3, 0.4) is 0 Å². The summed E-state index contributed by atoms with van der Waals surface area (Å²) in [6.45, 7) is 7.80. The molecule has 2 aliphatic rings. The Hall–Kier alpha value is -0.520. The van der Waals surface area contributed by atoms with Crippen molar-refractivity contribution in [1.29, 1.82) is 0 Å². The lowest BCUT2D eigenvalue weighted by molar-refractivity contribution is 0.0646. The summed E-state index contributed by atoms with van der Waals surface area (Å²) in [7, 11) is 0. The van der Waals surface area contributed by atoms with Crippen LogP contribution >= 0.6 is 0 Å². The molecule has 0 aromatic carbocycles. The van der Waals surface area contributed by atoms with Gasteiger partial charge in [0.15, 0.2) is 0 Å². The summed E-state index contributed by atoms with van der Waals surface area (Å²) in [6.07, 6.45) is 8.01. The molecule has 1 spiro atoms. The normalized spacial score (nSPS) is 28.7. The Morgan fingerprint density at radius 2 is 2.06 bits per heavy atom. The van der Waals surface area contributed by atoms with Crippen molar-refractivity contribution in [2.75, 3.05) is 19.6 Å². The van der Waals surface area contributed by atoms with E-state index in [4.69, 9.17) is 0 Å². The molecule has 1 unspecified atom stereocenters. The third-order valence-corrected chi connectivity index (χ3v) is 4.41. The molecule has 1 aliphatic carbocycles. The summed E-state index contributed by atoms with van der Waals surface area (Å²) in [5.41, 5.74) is 0.435. The summed E-state index contributed by atoms with van der Waals surface area (Å²) >= 11 is 0. The van der Waals surface area contributed by atoms with Gasteiger partial charge < -0.3 is 5.32 Å². The first-order chi connectivity index (χ1) is 8.26. The maximum atomic E-state index is 3.83. The van der Waals surface area contributed by atoms with Crippen molar-refractivity contribution in [3.63, 3.8) is 0 Å². The van der Waals surface area contributed by atoms with Crippen LogP contribution < -0.4 is 5.32 Å². The average molecular weight is 234 g/mol. The van der Waals surface area contributed by atoms with Crippen molar-refractivity contribution in [3.05, 3.63) is 0 Å². The number of rotatable bonds is 2. The Morgan fingerprint density at radius 3 is 2.76 bits per heavy atom. The van der Waals surface area contributed by atoms with Gasteiger partial charge >= 0.3 is 0 Å². The fourth-order valence-corrected chi connectivity index (χ4v) is 3.28. The first-order valence-electron chi connectivity index (χ1n) is 7.14. The first-order valence-corrected chi connectivity index (χ1v) is 7.14. The van der Waals surface area contributed by atoms with Crippen LogP contribution in [0.1, 0.15) is 52.4 Å². The molecule has 96 valence electrons. The van der Waals surface area contributed by atoms with E-state index < -0.39 is 0 Å². The van der Waals surface area contributed by atoms with E-state index in [1.165, 1.54) is 38.6 Å². The zero-order valence-corrected chi connectivity index (χ0v) is 11.4. The molecule has 0 radical (unpaired) electrons. The SMILES string of the molecule is CC#CCCN1CC2(CCCCC2)NCC1C. The lowest BCUT2D eigenvalue weighted by atomic mass is 9.79. The maximum absolute atomic E-state index is 3.83. The minimum absolute atomic E-state index is 0.435. The highest BCUT2D eigenvalue weighted by Gasteiger charge is 2.38. The predicted molar refractivity (Wildman–Crippen MR) is 72.9 cm³/mol. The third kappa shape index (κ3) is 3.24. The zero-order chi connectivity index (χ0) is 12.1. The van der Waals surface area contributed by atoms with Gasteiger partial charge in [-0.05, 0) is 26.7 Å². The average Bonchev–Trinajstić information content (AvgIpc) is 2.35. The molecule has 1 atom stereocenters. The maximum Gasteiger partial charge on any atom is 0.0309 e. The van der Waals surface area contributed by atoms with Crippen LogP contribution in [-0.4, -0.2) is 36.1 Å². The van der Waals surface area contributed by atoms with E-state index in [0.29, 0.717) is 11.6 Å². The van der Waals surface area contributed by atoms with Gasteiger partial charge in [-0.25, -0.2) is 0 Å². The molecule has 0 amide bonds. The van der Waals surface area contributed by atoms with Gasteiger partial charge in [-0.1, -0.05) is 19.3 Å². The Kier molecular flexibility index (Phi) is 4.48. The summed E-state index contributed by atoms with van der Waals surface area (Å²) in [6, 6.07) is 0.668. The van der Waals surface area contributed by atoms with Crippen LogP contribution in [0.25, 0.3) is 0 Å². The minimum Gasteiger partial charge on any atom is -0.308 e. The van der Waals surface area contributed by atoms with Crippen LogP contribution in [-0.2, 0) is 0 Å². The van der Waals surface area contributed by atoms with Gasteiger partial charge in [-0.3, -0.25) is 4.90 Å². The Labute approximate surface area is 106 Å². The topological polar surface area (TPSA) is 15.3 Å². The molecule has 1 N–H and O–H groups in total. The van der Waals surface area contributed by atoms with E-state index in [0.717, 1.165) is 19.5 Å². The summed E-state index contributed by atoms with van der Waals surface area (Å²) in [4.78, 5) is 2.64. The van der Waals surface area contributed by atoms with Gasteiger partial charge in [0.05, 0.1) is 0 Å². The van der Waals surface area contributed by atoms with Crippen molar-refractivity contribution in [2.45, 2.75) is 64.0 Å². The molecule has 2 nitrogen and oxygen atoms in total. The molecular formula is C15H26N2. The molecule has 0 aromatic heterocycles. The van der Waals surface area contributed by atoms with Crippen molar-refractivity contribution in [3.8, 4) is 11.8 Å². The van der Waals surface area contributed by atoms with Crippen LogP contribution in [0, 0.1) is 11.8 Å². The summed E-state index contributed by atoms with van der Waals surface area (Å²) in [5, 5.41) is 3.83. The second-order valence-electron chi connectivity index (χ2n) is 5.72. The second-order valence-corrected chi connectivity index (χ2v) is 5.72. The van der Waals surface area contributed by atoms with Crippen molar-refractivity contribution < 1.29 is 0 Å². The molecule has 1 saturated carbocycles. The number of hydrogen-bond donors (Lipinski definition) is 1. The predicted octanol–water partition coefficient (Wildman–Crippen LogP) is 2.40. The first kappa shape index (κ1) is 12.9. The Bertz CT molecular complexity index is 294. The van der Waals surface area contributed by atoms with Gasteiger partial charge in [0.2, 0.25) is 0 Å². The van der Waals surface area contributed by atoms with Crippen LogP contribution in [0.4, 0.5) is 0 Å². The molecule has 0 bridgehead atoms. The number of hydrogen-bond acceptors (Lipinski definition) is 2. The largest absolute Gasteiger partial charge is 0.308 e. The van der Waals surface area contributed by atoms with Gasteiger partial charge in [-0.2, -0.15) is 0 Å². The lowest BCUT2D eigenvalue weighted by Gasteiger charge is -2.49. The van der Waals surface area contributed by atoms with Gasteiger partial charge in [0.25, 0.3) is 0 Å². The zero-order valence-electron chi connectivity index (χ0n) is 11.4. The van der Waals surface area contributed by atoms with Crippen LogP contribution in [0.5, 0.6) is 0 Å². The smallest absolute Gasteiger partial charge is 0.0309 e. The fraction of sp³-hybridized carbons (Fsp3) is 0.867. The van der Waals surface area contributed by atoms with E-state index in [-0.39, 0.29) is 0 Å². The quantitative estimate of drug-likeness (QED) is 0.738. The molecule has 0 aromatic rings. The lowest BCUT2D eigenvalue weighted by Crippen LogP contribution is -2.64. The highest BCUT2D eigenvalue weighted by molar-refractivity contribution is 5.01. The van der Waals surface area contributed by atoms with Gasteiger partial charge in [0.1, 0.15) is 0 Å². The highest BCUT2D eigenvalue weighted by atomic mass is 15.2. The van der Waals surface area contributed by atoms with Crippen LogP contribution in [0.15, 0.2) is 0 Å². The standard InChI is InChI=1S/C15H26N2/c1-3-4-8-11-17-13-15(16-12-14(17)2)9-6-5-7-10-15/h14,16H,5-13H2,1-2H3. The molecule has 17 heavy (non-hydrogen) atoms. The highest BCUT2D eigenvalue weighted by Crippen LogP contribution is 2.31. The second kappa shape index (κ2) is 5.89. The molecule has 2 rings (SSSR count). The van der Waals surface area contributed by atoms with E-state index >= 15 is 0 Å². The number of nitrogens with zero attached hydrogens (tertiary/aromatic N) is 1.